The van der Waals surface area contributed by atoms with Gasteiger partial charge in [-0.25, -0.2) is 9.36 Å². The molecule has 0 unspecified atom stereocenters. The van der Waals surface area contributed by atoms with E-state index in [0.29, 0.717) is 22.2 Å². The minimum atomic E-state index is -0.358. The van der Waals surface area contributed by atoms with Gasteiger partial charge in [0.1, 0.15) is 12.4 Å². The number of nitrogens with zero attached hydrogens (tertiary/aromatic N) is 3. The third-order valence-electron chi connectivity index (χ3n) is 4.85. The first-order valence-corrected chi connectivity index (χ1v) is 8.79. The van der Waals surface area contributed by atoms with Crippen LogP contribution < -0.4 is 22.0 Å². The Kier molecular flexibility index (Phi) is 4.23. The van der Waals surface area contributed by atoms with Gasteiger partial charge in [-0.3, -0.25) is 24.2 Å². The van der Waals surface area contributed by atoms with Crippen molar-refractivity contribution in [3.8, 4) is 5.69 Å². The van der Waals surface area contributed by atoms with E-state index in [9.17, 15) is 14.4 Å². The highest BCUT2D eigenvalue weighted by molar-refractivity contribution is 5.80. The highest BCUT2D eigenvalue weighted by Crippen LogP contribution is 2.13. The summed E-state index contributed by atoms with van der Waals surface area (Å²) in [5.74, 6) is 0. The lowest BCUT2D eigenvalue weighted by atomic mass is 10.2. The first-order valence-electron chi connectivity index (χ1n) is 8.79. The van der Waals surface area contributed by atoms with Gasteiger partial charge in [0, 0.05) is 7.05 Å². The summed E-state index contributed by atoms with van der Waals surface area (Å²) in [7, 11) is 1.79. The fraction of sp³-hybridized carbons (Fsp3) is 0.150. The Balaban J connectivity index is 1.73. The molecule has 2 heterocycles. The lowest BCUT2D eigenvalue weighted by molar-refractivity contribution is 0.622. The van der Waals surface area contributed by atoms with Crippen LogP contribution in [0.2, 0.25) is 0 Å². The minimum absolute atomic E-state index is 0.0339. The molecule has 0 saturated heterocycles. The Morgan fingerprint density at radius 2 is 1.54 bits per heavy atom. The van der Waals surface area contributed by atoms with Crippen LogP contribution >= 0.6 is 0 Å². The van der Waals surface area contributed by atoms with Crippen LogP contribution in [0.1, 0.15) is 5.69 Å². The van der Waals surface area contributed by atoms with E-state index in [4.69, 9.17) is 0 Å². The Hall–Kier alpha value is -3.81. The predicted octanol–water partition coefficient (Wildman–Crippen LogP) is 1.56. The van der Waals surface area contributed by atoms with Crippen molar-refractivity contribution in [3.63, 3.8) is 0 Å². The normalized spacial score (nSPS) is 11.1. The van der Waals surface area contributed by atoms with Crippen molar-refractivity contribution >= 4 is 16.5 Å². The first-order chi connectivity index (χ1) is 13.5. The topological polar surface area (TPSA) is 93.8 Å². The van der Waals surface area contributed by atoms with E-state index in [1.165, 1.54) is 4.68 Å². The number of hydrogen-bond donors (Lipinski definition) is 2. The lowest BCUT2D eigenvalue weighted by Gasteiger charge is -2.09. The van der Waals surface area contributed by atoms with Crippen molar-refractivity contribution in [3.05, 3.63) is 91.4 Å². The number of anilines is 1. The number of H-pyrrole nitrogens is 1. The van der Waals surface area contributed by atoms with Gasteiger partial charge in [0.15, 0.2) is 0 Å². The number of fused-ring (bicyclic) bond motifs is 1. The fourth-order valence-electron chi connectivity index (χ4n) is 3.29. The summed E-state index contributed by atoms with van der Waals surface area (Å²) in [5, 5.41) is 6.22. The summed E-state index contributed by atoms with van der Waals surface area (Å²) >= 11 is 0. The Morgan fingerprint density at radius 3 is 2.25 bits per heavy atom. The molecule has 0 spiro atoms. The summed E-state index contributed by atoms with van der Waals surface area (Å²) < 4.78 is 4.46. The smallest absolute Gasteiger partial charge is 0.295 e. The molecule has 4 rings (SSSR count). The largest absolute Gasteiger partial charge is 0.360 e. The van der Waals surface area contributed by atoms with Crippen molar-refractivity contribution in [2.24, 2.45) is 7.05 Å². The van der Waals surface area contributed by atoms with E-state index in [0.717, 1.165) is 5.69 Å². The molecule has 2 aromatic heterocycles. The number of para-hydroxylation sites is 1. The second-order valence-electron chi connectivity index (χ2n) is 6.49. The Bertz CT molecular complexity index is 1340. The van der Waals surface area contributed by atoms with Gasteiger partial charge >= 0.3 is 0 Å². The van der Waals surface area contributed by atoms with Crippen molar-refractivity contribution < 1.29 is 0 Å². The van der Waals surface area contributed by atoms with E-state index in [-0.39, 0.29) is 23.3 Å². The second-order valence-corrected chi connectivity index (χ2v) is 6.49. The van der Waals surface area contributed by atoms with Crippen LogP contribution in [0.25, 0.3) is 16.5 Å². The van der Waals surface area contributed by atoms with Gasteiger partial charge < -0.3 is 5.32 Å². The van der Waals surface area contributed by atoms with Crippen LogP contribution in [0.3, 0.4) is 0 Å². The molecular weight excluding hydrogens is 358 g/mol. The highest BCUT2D eigenvalue weighted by atomic mass is 16.2. The predicted molar refractivity (Wildman–Crippen MR) is 108 cm³/mol. The number of rotatable bonds is 4. The number of benzene rings is 2. The molecule has 0 fully saturated rings. The van der Waals surface area contributed by atoms with Crippen LogP contribution in [0.5, 0.6) is 0 Å². The third kappa shape index (κ3) is 2.75. The summed E-state index contributed by atoms with van der Waals surface area (Å²) in [6, 6.07) is 15.9. The average Bonchev–Trinajstić information content (AvgIpc) is 2.93. The van der Waals surface area contributed by atoms with Crippen LogP contribution in [0, 0.1) is 6.92 Å². The maximum atomic E-state index is 12.9. The molecule has 0 atom stereocenters. The van der Waals surface area contributed by atoms with Crippen LogP contribution in [0.4, 0.5) is 5.69 Å². The zero-order chi connectivity index (χ0) is 19.8. The van der Waals surface area contributed by atoms with Gasteiger partial charge in [0.25, 0.3) is 16.7 Å². The molecule has 0 amide bonds. The molecule has 0 radical (unpaired) electrons. The molecule has 0 aliphatic rings. The third-order valence-corrected chi connectivity index (χ3v) is 4.85. The molecule has 28 heavy (non-hydrogen) atoms. The molecule has 142 valence electrons. The molecular formula is C20H19N5O3. The molecule has 8 nitrogen and oxygen atoms in total. The van der Waals surface area contributed by atoms with E-state index >= 15 is 0 Å². The van der Waals surface area contributed by atoms with Crippen molar-refractivity contribution in [2.45, 2.75) is 13.6 Å². The first kappa shape index (κ1) is 17.6. The van der Waals surface area contributed by atoms with Gasteiger partial charge in [-0.1, -0.05) is 30.3 Å². The van der Waals surface area contributed by atoms with Gasteiger partial charge in [-0.15, -0.1) is 0 Å². The standard InChI is InChI=1S/C20H19N5O3/c1-13-17(20(28)25(23(13)2)14-8-4-3-5-9-14)21-12-24-19(27)16-11-7-6-10-15(16)18(26)22-24/h3-11,21H,12H2,1-2H3,(H,22,26). The summed E-state index contributed by atoms with van der Waals surface area (Å²) in [5.41, 5.74) is 0.894. The van der Waals surface area contributed by atoms with E-state index in [2.05, 4.69) is 10.4 Å². The highest BCUT2D eigenvalue weighted by Gasteiger charge is 2.16. The van der Waals surface area contributed by atoms with Crippen LogP contribution in [-0.2, 0) is 13.7 Å². The molecule has 2 aromatic carbocycles. The quantitative estimate of drug-likeness (QED) is 0.564. The van der Waals surface area contributed by atoms with Crippen LogP contribution in [-0.4, -0.2) is 19.1 Å². The van der Waals surface area contributed by atoms with Gasteiger partial charge in [-0.05, 0) is 31.2 Å². The number of hydrogen-bond acceptors (Lipinski definition) is 4. The SMILES string of the molecule is Cc1c(NCn2[nH]c(=O)c3ccccc3c2=O)c(=O)n(-c2ccccc2)n1C. The van der Waals surface area contributed by atoms with Crippen LogP contribution in [0.15, 0.2) is 69.0 Å². The summed E-state index contributed by atoms with van der Waals surface area (Å²) in [6.07, 6.45) is 0. The van der Waals surface area contributed by atoms with Gasteiger partial charge in [-0.2, -0.15) is 0 Å². The molecule has 0 bridgehead atoms. The average molecular weight is 377 g/mol. The van der Waals surface area contributed by atoms with E-state index in [1.54, 1.807) is 40.7 Å². The fourth-order valence-corrected chi connectivity index (χ4v) is 3.29. The van der Waals surface area contributed by atoms with E-state index < -0.39 is 0 Å². The lowest BCUT2D eigenvalue weighted by Crippen LogP contribution is -2.32. The summed E-state index contributed by atoms with van der Waals surface area (Å²) in [4.78, 5) is 37.8. The molecule has 0 saturated carbocycles. The van der Waals surface area contributed by atoms with E-state index in [1.807, 2.05) is 37.3 Å². The maximum Gasteiger partial charge on any atom is 0.295 e. The minimum Gasteiger partial charge on any atom is -0.360 e. The number of nitrogens with one attached hydrogen (secondary N) is 2. The number of aromatic nitrogens is 4. The van der Waals surface area contributed by atoms with Crippen molar-refractivity contribution in [2.75, 3.05) is 5.32 Å². The monoisotopic (exact) mass is 377 g/mol. The zero-order valence-electron chi connectivity index (χ0n) is 15.5. The van der Waals surface area contributed by atoms with Gasteiger partial charge in [0.05, 0.1) is 22.2 Å². The molecule has 8 heteroatoms. The Labute approximate surface area is 159 Å². The molecule has 0 aliphatic heterocycles. The zero-order valence-corrected chi connectivity index (χ0v) is 15.5. The number of aromatic amines is 1. The Morgan fingerprint density at radius 1 is 0.893 bits per heavy atom. The summed E-state index contributed by atoms with van der Waals surface area (Å²) in [6.45, 7) is 1.78. The van der Waals surface area contributed by atoms with Crippen molar-refractivity contribution in [1.82, 2.24) is 19.1 Å². The second kappa shape index (κ2) is 6.73. The molecule has 4 aromatic rings. The molecule has 2 N–H and O–H groups in total. The maximum absolute atomic E-state index is 12.9. The molecule has 0 aliphatic carbocycles. The van der Waals surface area contributed by atoms with Gasteiger partial charge in [0.2, 0.25) is 0 Å². The van der Waals surface area contributed by atoms with Crippen molar-refractivity contribution in [1.29, 1.82) is 0 Å².